The van der Waals surface area contributed by atoms with Crippen LogP contribution in [0.3, 0.4) is 0 Å². The molecule has 2 aromatic rings. The van der Waals surface area contributed by atoms with Gasteiger partial charge in [0.05, 0.1) is 13.0 Å². The quantitative estimate of drug-likeness (QED) is 0.880. The van der Waals surface area contributed by atoms with E-state index >= 15 is 0 Å². The molecule has 1 N–H and O–H groups in total. The highest BCUT2D eigenvalue weighted by molar-refractivity contribution is 5.76. The van der Waals surface area contributed by atoms with Crippen molar-refractivity contribution >= 4 is 5.97 Å². The summed E-state index contributed by atoms with van der Waals surface area (Å²) in [6.45, 7) is 2.08. The van der Waals surface area contributed by atoms with E-state index in [2.05, 4.69) is 6.92 Å². The van der Waals surface area contributed by atoms with Crippen LogP contribution in [-0.2, 0) is 17.6 Å². The monoisotopic (exact) mass is 284 g/mol. The highest BCUT2D eigenvalue weighted by Crippen LogP contribution is 2.28. The summed E-state index contributed by atoms with van der Waals surface area (Å²) in [5.74, 6) is -0.633. The van der Waals surface area contributed by atoms with Crippen molar-refractivity contribution in [1.29, 1.82) is 0 Å². The number of aryl methyl sites for hydroxylation is 1. The zero-order chi connectivity index (χ0) is 15.2. The molecule has 3 nitrogen and oxygen atoms in total. The van der Waals surface area contributed by atoms with Gasteiger partial charge in [-0.05, 0) is 35.6 Å². The van der Waals surface area contributed by atoms with Gasteiger partial charge >= 0.3 is 5.97 Å². The number of carbonyl (C=O) groups is 1. The number of benzene rings is 2. The van der Waals surface area contributed by atoms with Crippen molar-refractivity contribution in [2.75, 3.05) is 7.11 Å². The van der Waals surface area contributed by atoms with Gasteiger partial charge in [0.25, 0.3) is 0 Å². The molecular formula is C18H20O3. The topological polar surface area (TPSA) is 46.5 Å². The van der Waals surface area contributed by atoms with Crippen molar-refractivity contribution in [2.24, 2.45) is 0 Å². The van der Waals surface area contributed by atoms with Crippen LogP contribution in [0.25, 0.3) is 0 Å². The summed E-state index contributed by atoms with van der Waals surface area (Å²) < 4.78 is 5.37. The average Bonchev–Trinajstić information content (AvgIpc) is 2.52. The molecule has 0 fully saturated rings. The van der Waals surface area contributed by atoms with Gasteiger partial charge in [0.1, 0.15) is 5.75 Å². The predicted octanol–water partition coefficient (Wildman–Crippen LogP) is 3.67. The fraction of sp³-hybridized carbons (Fsp3) is 0.278. The maximum atomic E-state index is 11.6. The Balaban J connectivity index is 2.35. The molecule has 0 aromatic heterocycles. The third-order valence-electron chi connectivity index (χ3n) is 3.68. The second-order valence-electron chi connectivity index (χ2n) is 5.01. The Morgan fingerprint density at radius 3 is 2.48 bits per heavy atom. The lowest BCUT2D eigenvalue weighted by molar-refractivity contribution is -0.138. The molecule has 110 valence electrons. The van der Waals surface area contributed by atoms with Crippen LogP contribution in [0.1, 0.15) is 29.5 Å². The molecular weight excluding hydrogens is 264 g/mol. The molecule has 1 unspecified atom stereocenters. The van der Waals surface area contributed by atoms with E-state index in [0.29, 0.717) is 6.42 Å². The molecule has 2 aromatic carbocycles. The highest BCUT2D eigenvalue weighted by Gasteiger charge is 2.21. The van der Waals surface area contributed by atoms with Gasteiger partial charge in [0.15, 0.2) is 0 Å². The first-order valence-corrected chi connectivity index (χ1v) is 7.09. The number of hydrogen-bond acceptors (Lipinski definition) is 2. The lowest BCUT2D eigenvalue weighted by atomic mass is 9.91. The van der Waals surface area contributed by atoms with Crippen LogP contribution in [0.2, 0.25) is 0 Å². The summed E-state index contributed by atoms with van der Waals surface area (Å²) in [5, 5.41) is 9.54. The van der Waals surface area contributed by atoms with Gasteiger partial charge in [0.2, 0.25) is 0 Å². The van der Waals surface area contributed by atoms with Crippen molar-refractivity contribution in [3.05, 3.63) is 65.2 Å². The molecule has 0 saturated heterocycles. The molecule has 1 atom stereocenters. The molecule has 0 amide bonds. The van der Waals surface area contributed by atoms with Gasteiger partial charge < -0.3 is 9.84 Å². The second kappa shape index (κ2) is 6.93. The Morgan fingerprint density at radius 1 is 1.19 bits per heavy atom. The minimum Gasteiger partial charge on any atom is -0.496 e. The fourth-order valence-electron chi connectivity index (χ4n) is 2.46. The first kappa shape index (κ1) is 15.1. The normalized spacial score (nSPS) is 11.9. The summed E-state index contributed by atoms with van der Waals surface area (Å²) in [7, 11) is 1.61. The first-order valence-electron chi connectivity index (χ1n) is 7.09. The van der Waals surface area contributed by atoms with Crippen LogP contribution in [0.5, 0.6) is 5.75 Å². The summed E-state index contributed by atoms with van der Waals surface area (Å²) in [4.78, 5) is 11.6. The van der Waals surface area contributed by atoms with Crippen LogP contribution in [0.4, 0.5) is 0 Å². The van der Waals surface area contributed by atoms with Crippen molar-refractivity contribution in [2.45, 2.75) is 25.7 Å². The van der Waals surface area contributed by atoms with Gasteiger partial charge in [-0.3, -0.25) is 4.79 Å². The Bertz CT molecular complexity index is 605. The van der Waals surface area contributed by atoms with Crippen LogP contribution in [0.15, 0.2) is 48.5 Å². The Kier molecular flexibility index (Phi) is 4.99. The molecule has 21 heavy (non-hydrogen) atoms. The summed E-state index contributed by atoms with van der Waals surface area (Å²) in [5.41, 5.74) is 2.94. The SMILES string of the molecule is CCc1ccc(OC)c(CC(C(=O)O)c2ccccc2)c1. The Hall–Kier alpha value is -2.29. The zero-order valence-corrected chi connectivity index (χ0v) is 12.4. The average molecular weight is 284 g/mol. The molecule has 3 heteroatoms. The number of hydrogen-bond donors (Lipinski definition) is 1. The number of methoxy groups -OCH3 is 1. The van der Waals surface area contributed by atoms with Crippen molar-refractivity contribution in [1.82, 2.24) is 0 Å². The smallest absolute Gasteiger partial charge is 0.311 e. The Labute approximate surface area is 125 Å². The molecule has 2 rings (SSSR count). The molecule has 0 bridgehead atoms. The van der Waals surface area contributed by atoms with E-state index < -0.39 is 11.9 Å². The fourth-order valence-corrected chi connectivity index (χ4v) is 2.46. The van der Waals surface area contributed by atoms with E-state index in [1.165, 1.54) is 5.56 Å². The number of rotatable bonds is 6. The second-order valence-corrected chi connectivity index (χ2v) is 5.01. The lowest BCUT2D eigenvalue weighted by Gasteiger charge is -2.16. The molecule has 0 heterocycles. The number of carboxylic acid groups (broad SMARTS) is 1. The van der Waals surface area contributed by atoms with Gasteiger partial charge in [-0.15, -0.1) is 0 Å². The minimum atomic E-state index is -0.815. The maximum Gasteiger partial charge on any atom is 0.311 e. The molecule has 0 radical (unpaired) electrons. The van der Waals surface area contributed by atoms with E-state index in [0.717, 1.165) is 23.3 Å². The largest absolute Gasteiger partial charge is 0.496 e. The molecule has 0 saturated carbocycles. The van der Waals surface area contributed by atoms with Gasteiger partial charge in [-0.1, -0.05) is 49.4 Å². The molecule has 0 aliphatic carbocycles. The van der Waals surface area contributed by atoms with E-state index in [-0.39, 0.29) is 0 Å². The van der Waals surface area contributed by atoms with Crippen molar-refractivity contribution in [3.63, 3.8) is 0 Å². The van der Waals surface area contributed by atoms with Crippen LogP contribution >= 0.6 is 0 Å². The standard InChI is InChI=1S/C18H20O3/c1-3-13-9-10-17(21-2)15(11-13)12-16(18(19)20)14-7-5-4-6-8-14/h4-11,16H,3,12H2,1-2H3,(H,19,20). The summed E-state index contributed by atoms with van der Waals surface area (Å²) >= 11 is 0. The van der Waals surface area contributed by atoms with E-state index in [4.69, 9.17) is 4.74 Å². The first-order chi connectivity index (χ1) is 10.2. The van der Waals surface area contributed by atoms with Crippen molar-refractivity contribution in [3.8, 4) is 5.75 Å². The molecule has 0 aliphatic rings. The van der Waals surface area contributed by atoms with E-state index in [9.17, 15) is 9.90 Å². The molecule has 0 spiro atoms. The zero-order valence-electron chi connectivity index (χ0n) is 12.4. The predicted molar refractivity (Wildman–Crippen MR) is 82.9 cm³/mol. The van der Waals surface area contributed by atoms with Gasteiger partial charge in [-0.25, -0.2) is 0 Å². The third-order valence-corrected chi connectivity index (χ3v) is 3.68. The van der Waals surface area contributed by atoms with Crippen LogP contribution < -0.4 is 4.74 Å². The van der Waals surface area contributed by atoms with Crippen LogP contribution in [0, 0.1) is 0 Å². The number of carboxylic acids is 1. The van der Waals surface area contributed by atoms with Gasteiger partial charge in [-0.2, -0.15) is 0 Å². The van der Waals surface area contributed by atoms with Crippen molar-refractivity contribution < 1.29 is 14.6 Å². The Morgan fingerprint density at radius 2 is 1.90 bits per heavy atom. The molecule has 0 aliphatic heterocycles. The third kappa shape index (κ3) is 3.63. The summed E-state index contributed by atoms with van der Waals surface area (Å²) in [6, 6.07) is 15.3. The van der Waals surface area contributed by atoms with E-state index in [1.807, 2.05) is 48.5 Å². The highest BCUT2D eigenvalue weighted by atomic mass is 16.5. The number of aliphatic carboxylic acids is 1. The summed E-state index contributed by atoms with van der Waals surface area (Å²) in [6.07, 6.45) is 1.34. The van der Waals surface area contributed by atoms with Gasteiger partial charge in [0, 0.05) is 0 Å². The minimum absolute atomic E-state index is 0.427. The lowest BCUT2D eigenvalue weighted by Crippen LogP contribution is -2.15. The van der Waals surface area contributed by atoms with Crippen LogP contribution in [-0.4, -0.2) is 18.2 Å². The maximum absolute atomic E-state index is 11.6. The number of ether oxygens (including phenoxy) is 1. The van der Waals surface area contributed by atoms with E-state index in [1.54, 1.807) is 7.11 Å².